The number of nitrogens with one attached hydrogen (secondary N) is 1. The lowest BCUT2D eigenvalue weighted by molar-refractivity contribution is 0.306. The van der Waals surface area contributed by atoms with Gasteiger partial charge < -0.3 is 5.32 Å². The van der Waals surface area contributed by atoms with Crippen LogP contribution in [-0.4, -0.2) is 46.9 Å². The number of hydrogen-bond donors (Lipinski definition) is 1. The second-order valence-electron chi connectivity index (χ2n) is 5.02. The first-order chi connectivity index (χ1) is 8.28. The van der Waals surface area contributed by atoms with Crippen LogP contribution in [0.25, 0.3) is 0 Å². The summed E-state index contributed by atoms with van der Waals surface area (Å²) in [4.78, 5) is 2.53. The fraction of sp³-hybridized carbons (Fsp3) is 0.769. The van der Waals surface area contributed by atoms with Crippen LogP contribution in [-0.2, 0) is 6.54 Å². The molecule has 2 heterocycles. The van der Waals surface area contributed by atoms with Crippen LogP contribution < -0.4 is 5.32 Å². The predicted molar refractivity (Wildman–Crippen MR) is 70.1 cm³/mol. The van der Waals surface area contributed by atoms with Crippen LogP contribution in [0.5, 0.6) is 0 Å². The van der Waals surface area contributed by atoms with Crippen molar-refractivity contribution in [2.24, 2.45) is 0 Å². The molecule has 96 valence electrons. The van der Waals surface area contributed by atoms with Gasteiger partial charge in [-0.3, -0.25) is 9.58 Å². The highest BCUT2D eigenvalue weighted by atomic mass is 15.3. The number of hydrogen-bond acceptors (Lipinski definition) is 3. The van der Waals surface area contributed by atoms with Gasteiger partial charge in [-0.05, 0) is 38.4 Å². The van der Waals surface area contributed by atoms with E-state index in [0.29, 0.717) is 6.04 Å². The van der Waals surface area contributed by atoms with E-state index in [4.69, 9.17) is 0 Å². The Morgan fingerprint density at radius 2 is 2.35 bits per heavy atom. The van der Waals surface area contributed by atoms with Gasteiger partial charge in [0.05, 0.1) is 12.7 Å². The number of rotatable bonds is 6. The molecule has 4 heteroatoms. The standard InChI is InChI=1S/C13H24N4/c1-3-5-14-13-4-6-16(11-13)7-8-17-10-12(2)9-15-17/h9-10,13-14H,3-8,11H2,1-2H3. The number of aromatic nitrogens is 2. The lowest BCUT2D eigenvalue weighted by atomic mass is 10.2. The van der Waals surface area contributed by atoms with Crippen LogP contribution in [0.2, 0.25) is 0 Å². The van der Waals surface area contributed by atoms with E-state index in [2.05, 4.69) is 35.4 Å². The third-order valence-electron chi connectivity index (χ3n) is 3.36. The molecule has 0 saturated carbocycles. The highest BCUT2D eigenvalue weighted by Gasteiger charge is 2.21. The Balaban J connectivity index is 1.67. The number of nitrogens with zero attached hydrogens (tertiary/aromatic N) is 3. The maximum absolute atomic E-state index is 4.32. The van der Waals surface area contributed by atoms with Crippen molar-refractivity contribution >= 4 is 0 Å². The van der Waals surface area contributed by atoms with Crippen molar-refractivity contribution in [1.29, 1.82) is 0 Å². The van der Waals surface area contributed by atoms with Crippen LogP contribution in [0.1, 0.15) is 25.3 Å². The molecule has 1 unspecified atom stereocenters. The summed E-state index contributed by atoms with van der Waals surface area (Å²) in [5.74, 6) is 0. The van der Waals surface area contributed by atoms with Gasteiger partial charge in [0, 0.05) is 25.3 Å². The third kappa shape index (κ3) is 3.82. The zero-order valence-corrected chi connectivity index (χ0v) is 11.0. The van der Waals surface area contributed by atoms with Gasteiger partial charge in [0.2, 0.25) is 0 Å². The summed E-state index contributed by atoms with van der Waals surface area (Å²) < 4.78 is 2.04. The van der Waals surface area contributed by atoms with Crippen LogP contribution >= 0.6 is 0 Å². The minimum atomic E-state index is 0.703. The Kier molecular flexibility index (Phi) is 4.57. The van der Waals surface area contributed by atoms with Crippen molar-refractivity contribution in [2.45, 2.75) is 39.3 Å². The fourth-order valence-corrected chi connectivity index (χ4v) is 2.38. The smallest absolute Gasteiger partial charge is 0.0536 e. The average Bonchev–Trinajstić information content (AvgIpc) is 2.93. The van der Waals surface area contributed by atoms with Crippen LogP contribution in [0.15, 0.2) is 12.4 Å². The van der Waals surface area contributed by atoms with E-state index in [0.717, 1.165) is 19.6 Å². The molecule has 0 radical (unpaired) electrons. The normalized spacial score (nSPS) is 21.2. The molecule has 2 rings (SSSR count). The van der Waals surface area contributed by atoms with Gasteiger partial charge in [0.25, 0.3) is 0 Å². The molecule has 1 saturated heterocycles. The Hall–Kier alpha value is -0.870. The van der Waals surface area contributed by atoms with E-state index in [1.165, 1.54) is 31.5 Å². The highest BCUT2D eigenvalue weighted by molar-refractivity contribution is 4.99. The van der Waals surface area contributed by atoms with Crippen molar-refractivity contribution < 1.29 is 0 Å². The zero-order valence-electron chi connectivity index (χ0n) is 11.0. The molecular formula is C13H24N4. The van der Waals surface area contributed by atoms with E-state index in [1.807, 2.05) is 10.9 Å². The minimum absolute atomic E-state index is 0.703. The van der Waals surface area contributed by atoms with Gasteiger partial charge >= 0.3 is 0 Å². The Labute approximate surface area is 104 Å². The van der Waals surface area contributed by atoms with Gasteiger partial charge in [0.15, 0.2) is 0 Å². The molecule has 17 heavy (non-hydrogen) atoms. The zero-order chi connectivity index (χ0) is 12.1. The van der Waals surface area contributed by atoms with Crippen LogP contribution in [0.3, 0.4) is 0 Å². The first kappa shape index (κ1) is 12.6. The minimum Gasteiger partial charge on any atom is -0.313 e. The quantitative estimate of drug-likeness (QED) is 0.807. The van der Waals surface area contributed by atoms with Gasteiger partial charge in [0.1, 0.15) is 0 Å². The Morgan fingerprint density at radius 3 is 3.06 bits per heavy atom. The molecule has 1 aromatic rings. The molecule has 1 aliphatic heterocycles. The predicted octanol–water partition coefficient (Wildman–Crippen LogP) is 1.27. The molecule has 0 spiro atoms. The van der Waals surface area contributed by atoms with Crippen molar-refractivity contribution in [1.82, 2.24) is 20.0 Å². The Bertz CT molecular complexity index is 334. The molecule has 1 fully saturated rings. The highest BCUT2D eigenvalue weighted by Crippen LogP contribution is 2.09. The lowest BCUT2D eigenvalue weighted by Crippen LogP contribution is -2.34. The SMILES string of the molecule is CCCNC1CCN(CCn2cc(C)cn2)C1. The second kappa shape index (κ2) is 6.17. The van der Waals surface area contributed by atoms with Gasteiger partial charge in [-0.1, -0.05) is 6.92 Å². The molecule has 1 aromatic heterocycles. The molecule has 0 bridgehead atoms. The maximum Gasteiger partial charge on any atom is 0.0536 e. The largest absolute Gasteiger partial charge is 0.313 e. The first-order valence-corrected chi connectivity index (χ1v) is 6.72. The maximum atomic E-state index is 4.32. The summed E-state index contributed by atoms with van der Waals surface area (Å²) >= 11 is 0. The number of likely N-dealkylation sites (tertiary alicyclic amines) is 1. The molecule has 1 atom stereocenters. The molecular weight excluding hydrogens is 212 g/mol. The van der Waals surface area contributed by atoms with Crippen molar-refractivity contribution in [2.75, 3.05) is 26.2 Å². The van der Waals surface area contributed by atoms with Crippen LogP contribution in [0, 0.1) is 6.92 Å². The van der Waals surface area contributed by atoms with Gasteiger partial charge in [-0.25, -0.2) is 0 Å². The summed E-state index contributed by atoms with van der Waals surface area (Å²) in [6.45, 7) is 10.0. The summed E-state index contributed by atoms with van der Waals surface area (Å²) in [5.41, 5.74) is 1.24. The third-order valence-corrected chi connectivity index (χ3v) is 3.36. The fourth-order valence-electron chi connectivity index (χ4n) is 2.38. The van der Waals surface area contributed by atoms with E-state index in [9.17, 15) is 0 Å². The lowest BCUT2D eigenvalue weighted by Gasteiger charge is -2.16. The van der Waals surface area contributed by atoms with E-state index >= 15 is 0 Å². The summed E-state index contributed by atoms with van der Waals surface area (Å²) in [7, 11) is 0. The topological polar surface area (TPSA) is 33.1 Å². The monoisotopic (exact) mass is 236 g/mol. The molecule has 1 aliphatic rings. The van der Waals surface area contributed by atoms with E-state index < -0.39 is 0 Å². The van der Waals surface area contributed by atoms with Gasteiger partial charge in [-0.2, -0.15) is 5.10 Å². The summed E-state index contributed by atoms with van der Waals surface area (Å²) in [6, 6.07) is 0.703. The van der Waals surface area contributed by atoms with Crippen molar-refractivity contribution in [3.63, 3.8) is 0 Å². The Morgan fingerprint density at radius 1 is 1.47 bits per heavy atom. The second-order valence-corrected chi connectivity index (χ2v) is 5.02. The molecule has 0 aromatic carbocycles. The van der Waals surface area contributed by atoms with Crippen molar-refractivity contribution in [3.8, 4) is 0 Å². The molecule has 0 aliphatic carbocycles. The number of aryl methyl sites for hydroxylation is 1. The first-order valence-electron chi connectivity index (χ1n) is 6.72. The summed E-state index contributed by atoms with van der Waals surface area (Å²) in [6.07, 6.45) is 6.56. The molecule has 0 amide bonds. The van der Waals surface area contributed by atoms with E-state index in [-0.39, 0.29) is 0 Å². The average molecular weight is 236 g/mol. The van der Waals surface area contributed by atoms with E-state index in [1.54, 1.807) is 0 Å². The molecule has 1 N–H and O–H groups in total. The van der Waals surface area contributed by atoms with Gasteiger partial charge in [-0.15, -0.1) is 0 Å². The summed E-state index contributed by atoms with van der Waals surface area (Å²) in [5, 5.41) is 7.92. The van der Waals surface area contributed by atoms with Crippen LogP contribution in [0.4, 0.5) is 0 Å². The molecule has 4 nitrogen and oxygen atoms in total. The van der Waals surface area contributed by atoms with Crippen molar-refractivity contribution in [3.05, 3.63) is 18.0 Å².